The number of piperidine rings is 1. The first-order valence-electron chi connectivity index (χ1n) is 13.4. The van der Waals surface area contributed by atoms with E-state index >= 15 is 0 Å². The maximum atomic E-state index is 12.6. The van der Waals surface area contributed by atoms with Crippen molar-refractivity contribution in [2.75, 3.05) is 37.4 Å². The molecule has 3 heterocycles. The largest absolute Gasteiger partial charge is 0.497 e. The number of anilines is 2. The van der Waals surface area contributed by atoms with Crippen molar-refractivity contribution in [1.82, 2.24) is 20.2 Å². The summed E-state index contributed by atoms with van der Waals surface area (Å²) in [6, 6.07) is 13.1. The van der Waals surface area contributed by atoms with Gasteiger partial charge in [-0.1, -0.05) is 0 Å². The first kappa shape index (κ1) is 27.4. The van der Waals surface area contributed by atoms with E-state index in [9.17, 15) is 4.79 Å². The minimum atomic E-state index is -0.153. The van der Waals surface area contributed by atoms with Gasteiger partial charge in [-0.2, -0.15) is 0 Å². The zero-order valence-corrected chi connectivity index (χ0v) is 23.0. The predicted octanol–water partition coefficient (Wildman–Crippen LogP) is 4.36. The van der Waals surface area contributed by atoms with Crippen LogP contribution < -0.4 is 20.7 Å². The monoisotopic (exact) mass is 516 g/mol. The highest BCUT2D eigenvalue weighted by Crippen LogP contribution is 2.29. The number of ether oxygens (including phenoxy) is 1. The quantitative estimate of drug-likeness (QED) is 0.413. The van der Waals surface area contributed by atoms with Gasteiger partial charge < -0.3 is 25.6 Å². The Balaban J connectivity index is 1.34. The highest BCUT2D eigenvalue weighted by molar-refractivity contribution is 5.99. The molecule has 0 aliphatic carbocycles. The van der Waals surface area contributed by atoms with E-state index in [2.05, 4.69) is 57.1 Å². The Morgan fingerprint density at radius 2 is 1.84 bits per heavy atom. The number of benzene rings is 1. The fourth-order valence-corrected chi connectivity index (χ4v) is 5.23. The van der Waals surface area contributed by atoms with Crippen molar-refractivity contribution in [2.45, 2.75) is 58.7 Å². The third-order valence-corrected chi connectivity index (χ3v) is 7.72. The van der Waals surface area contributed by atoms with Gasteiger partial charge in [0.05, 0.1) is 12.7 Å². The smallest absolute Gasteiger partial charge is 0.255 e. The normalized spacial score (nSPS) is 15.2. The molecule has 38 heavy (non-hydrogen) atoms. The van der Waals surface area contributed by atoms with Crippen molar-refractivity contribution < 1.29 is 9.53 Å². The topological polar surface area (TPSA) is 96.6 Å². The molecule has 1 unspecified atom stereocenters. The fraction of sp³-hybridized carbons (Fsp3) is 0.433. The molecule has 1 amide bonds. The van der Waals surface area contributed by atoms with E-state index in [0.29, 0.717) is 24.2 Å². The lowest BCUT2D eigenvalue weighted by molar-refractivity contribution is 0.0945. The van der Waals surface area contributed by atoms with E-state index in [0.717, 1.165) is 50.2 Å². The van der Waals surface area contributed by atoms with Crippen molar-refractivity contribution in [3.05, 3.63) is 77.2 Å². The molecule has 0 spiro atoms. The summed E-state index contributed by atoms with van der Waals surface area (Å²) in [6.07, 6.45) is 8.50. The van der Waals surface area contributed by atoms with Crippen LogP contribution in [0, 0.1) is 13.8 Å². The first-order chi connectivity index (χ1) is 18.4. The van der Waals surface area contributed by atoms with Gasteiger partial charge in [0.2, 0.25) is 0 Å². The average molecular weight is 517 g/mol. The molecule has 0 radical (unpaired) electrons. The van der Waals surface area contributed by atoms with E-state index in [-0.39, 0.29) is 11.7 Å². The number of nitrogens with one attached hydrogen (secondary N) is 1. The maximum Gasteiger partial charge on any atom is 0.255 e. The number of likely N-dealkylation sites (tertiary alicyclic amines) is 1. The number of nitrogen functional groups attached to an aromatic ring is 1. The summed E-state index contributed by atoms with van der Waals surface area (Å²) in [5.41, 5.74) is 11.0. The van der Waals surface area contributed by atoms with Crippen molar-refractivity contribution >= 4 is 17.4 Å². The highest BCUT2D eigenvalue weighted by Gasteiger charge is 2.27. The Morgan fingerprint density at radius 3 is 2.50 bits per heavy atom. The van der Waals surface area contributed by atoms with Gasteiger partial charge in [-0.05, 0) is 93.1 Å². The average Bonchev–Trinajstić information content (AvgIpc) is 2.93. The molecule has 1 aliphatic heterocycles. The molecule has 1 fully saturated rings. The molecular weight excluding hydrogens is 476 g/mol. The second kappa shape index (κ2) is 12.7. The maximum absolute atomic E-state index is 12.6. The minimum Gasteiger partial charge on any atom is -0.497 e. The van der Waals surface area contributed by atoms with E-state index in [1.54, 1.807) is 13.3 Å². The van der Waals surface area contributed by atoms with Gasteiger partial charge in [-0.25, -0.2) is 4.98 Å². The molecule has 3 aromatic rings. The number of nitrogens with two attached hydrogens (primary N) is 1. The van der Waals surface area contributed by atoms with Crippen molar-refractivity contribution in [3.63, 3.8) is 0 Å². The Bertz CT molecular complexity index is 1190. The molecule has 202 valence electrons. The number of aryl methyl sites for hydroxylation is 2. The van der Waals surface area contributed by atoms with Crippen LogP contribution >= 0.6 is 0 Å². The summed E-state index contributed by atoms with van der Waals surface area (Å²) in [6.45, 7) is 9.75. The Morgan fingerprint density at radius 1 is 1.13 bits per heavy atom. The lowest BCUT2D eigenvalue weighted by Crippen LogP contribution is -2.48. The van der Waals surface area contributed by atoms with Gasteiger partial charge in [0.15, 0.2) is 0 Å². The summed E-state index contributed by atoms with van der Waals surface area (Å²) in [4.78, 5) is 26.1. The Hall–Kier alpha value is -3.65. The lowest BCUT2D eigenvalue weighted by Gasteiger charge is -2.42. The van der Waals surface area contributed by atoms with Crippen LogP contribution in [0.25, 0.3) is 0 Å². The molecule has 8 heteroatoms. The van der Waals surface area contributed by atoms with Gasteiger partial charge in [-0.3, -0.25) is 9.78 Å². The SMILES string of the molecule is COc1ccc(N(Cc2cnccc2C)C2CCN(C(C)CCNC(=O)c3c(C)ccnc3N)CC2)cc1. The molecule has 1 aliphatic rings. The van der Waals surface area contributed by atoms with Gasteiger partial charge in [0.25, 0.3) is 5.91 Å². The highest BCUT2D eigenvalue weighted by atomic mass is 16.5. The summed E-state index contributed by atoms with van der Waals surface area (Å²) in [7, 11) is 1.70. The first-order valence-corrected chi connectivity index (χ1v) is 13.4. The second-order valence-corrected chi connectivity index (χ2v) is 10.2. The van der Waals surface area contributed by atoms with Crippen LogP contribution in [0.15, 0.2) is 55.0 Å². The number of rotatable bonds is 10. The van der Waals surface area contributed by atoms with E-state index in [1.807, 2.05) is 37.5 Å². The standard InChI is InChI=1S/C30H40N6O2/c1-21-9-14-32-19-24(21)20-36(25-5-7-27(38-4)8-6-25)26-12-17-35(18-13-26)23(3)11-16-34-30(37)28-22(2)10-15-33-29(28)31/h5-10,14-15,19,23,26H,11-13,16-18,20H2,1-4H3,(H2,31,33)(H,34,37). The zero-order valence-electron chi connectivity index (χ0n) is 23.0. The molecule has 0 bridgehead atoms. The summed E-state index contributed by atoms with van der Waals surface area (Å²) >= 11 is 0. The van der Waals surface area contributed by atoms with Crippen molar-refractivity contribution in [2.24, 2.45) is 0 Å². The van der Waals surface area contributed by atoms with Crippen LogP contribution in [-0.4, -0.2) is 59.6 Å². The van der Waals surface area contributed by atoms with Gasteiger partial charge >= 0.3 is 0 Å². The van der Waals surface area contributed by atoms with Crippen LogP contribution in [0.2, 0.25) is 0 Å². The number of nitrogens with zero attached hydrogens (tertiary/aromatic N) is 4. The number of amides is 1. The van der Waals surface area contributed by atoms with Crippen LogP contribution in [0.4, 0.5) is 11.5 Å². The molecule has 2 aromatic heterocycles. The Kier molecular flexibility index (Phi) is 9.18. The number of hydrogen-bond donors (Lipinski definition) is 2. The number of carbonyl (C=O) groups excluding carboxylic acids is 1. The number of pyridine rings is 2. The van der Waals surface area contributed by atoms with E-state index < -0.39 is 0 Å². The van der Waals surface area contributed by atoms with Crippen LogP contribution in [0.5, 0.6) is 5.75 Å². The molecule has 1 atom stereocenters. The minimum absolute atomic E-state index is 0.153. The molecule has 0 saturated carbocycles. The number of hydrogen-bond acceptors (Lipinski definition) is 7. The van der Waals surface area contributed by atoms with E-state index in [1.165, 1.54) is 16.8 Å². The molecule has 8 nitrogen and oxygen atoms in total. The van der Waals surface area contributed by atoms with Gasteiger partial charge in [0.1, 0.15) is 11.6 Å². The van der Waals surface area contributed by atoms with Crippen molar-refractivity contribution in [1.29, 1.82) is 0 Å². The second-order valence-electron chi connectivity index (χ2n) is 10.2. The third-order valence-electron chi connectivity index (χ3n) is 7.72. The molecule has 3 N–H and O–H groups in total. The van der Waals surface area contributed by atoms with Gasteiger partial charge in [-0.15, -0.1) is 0 Å². The third kappa shape index (κ3) is 6.61. The number of aromatic nitrogens is 2. The molecule has 1 saturated heterocycles. The number of methoxy groups -OCH3 is 1. The zero-order chi connectivity index (χ0) is 27.1. The summed E-state index contributed by atoms with van der Waals surface area (Å²) in [5.74, 6) is 0.990. The number of carbonyl (C=O) groups is 1. The fourth-order valence-electron chi connectivity index (χ4n) is 5.23. The Labute approximate surface area is 226 Å². The lowest BCUT2D eigenvalue weighted by atomic mass is 9.99. The summed E-state index contributed by atoms with van der Waals surface area (Å²) in [5, 5.41) is 3.03. The summed E-state index contributed by atoms with van der Waals surface area (Å²) < 4.78 is 5.39. The van der Waals surface area contributed by atoms with Crippen molar-refractivity contribution in [3.8, 4) is 5.75 Å². The molecule has 1 aromatic carbocycles. The van der Waals surface area contributed by atoms with Crippen LogP contribution in [0.1, 0.15) is 53.2 Å². The van der Waals surface area contributed by atoms with Crippen LogP contribution in [-0.2, 0) is 6.54 Å². The molecular formula is C30H40N6O2. The predicted molar refractivity (Wildman–Crippen MR) is 153 cm³/mol. The van der Waals surface area contributed by atoms with Gasteiger partial charge in [0, 0.05) is 62.5 Å². The van der Waals surface area contributed by atoms with E-state index in [4.69, 9.17) is 10.5 Å². The molecule has 4 rings (SSSR count). The van der Waals surface area contributed by atoms with Crippen LogP contribution in [0.3, 0.4) is 0 Å².